The third-order valence-corrected chi connectivity index (χ3v) is 4.54. The Bertz CT molecular complexity index is 1090. The van der Waals surface area contributed by atoms with Crippen molar-refractivity contribution in [2.75, 3.05) is 7.11 Å². The number of nitrogens with one attached hydrogen (secondary N) is 1. The number of aromatic nitrogens is 2. The molecule has 0 spiro atoms. The Morgan fingerprint density at radius 2 is 1.80 bits per heavy atom. The summed E-state index contributed by atoms with van der Waals surface area (Å²) in [5.74, 6) is 0.226. The van der Waals surface area contributed by atoms with Crippen molar-refractivity contribution in [3.63, 3.8) is 0 Å². The van der Waals surface area contributed by atoms with Gasteiger partial charge in [-0.15, -0.1) is 0 Å². The zero-order valence-electron chi connectivity index (χ0n) is 16.8. The molecule has 0 saturated carbocycles. The fourth-order valence-electron chi connectivity index (χ4n) is 2.77. The summed E-state index contributed by atoms with van der Waals surface area (Å²) in [6, 6.07) is 15.7. The number of carbonyl (C=O) groups is 1. The van der Waals surface area contributed by atoms with Gasteiger partial charge >= 0.3 is 5.82 Å². The Morgan fingerprint density at radius 3 is 2.37 bits per heavy atom. The zero-order valence-corrected chi connectivity index (χ0v) is 16.8. The summed E-state index contributed by atoms with van der Waals surface area (Å²) in [5, 5.41) is 18.9. The second kappa shape index (κ2) is 8.99. The number of amides is 1. The van der Waals surface area contributed by atoms with Gasteiger partial charge in [-0.1, -0.05) is 12.1 Å². The number of hydrazone groups is 1. The molecular weight excluding hydrogens is 386 g/mol. The number of nitro groups is 1. The molecule has 2 aromatic carbocycles. The van der Waals surface area contributed by atoms with Crippen LogP contribution in [0.5, 0.6) is 5.75 Å². The normalized spacial score (nSPS) is 11.2. The van der Waals surface area contributed by atoms with E-state index in [1.807, 2.05) is 24.3 Å². The molecule has 0 aliphatic carbocycles. The number of hydrogen-bond donors (Lipinski definition) is 1. The van der Waals surface area contributed by atoms with Gasteiger partial charge in [0.2, 0.25) is 0 Å². The van der Waals surface area contributed by atoms with Crippen LogP contribution in [0.3, 0.4) is 0 Å². The molecule has 30 heavy (non-hydrogen) atoms. The van der Waals surface area contributed by atoms with Crippen LogP contribution >= 0.6 is 0 Å². The molecule has 1 heterocycles. The van der Waals surface area contributed by atoms with Crippen molar-refractivity contribution in [2.45, 2.75) is 20.4 Å². The molecular formula is C21H21N5O4. The Labute approximate surface area is 173 Å². The molecule has 3 rings (SSSR count). The summed E-state index contributed by atoms with van der Waals surface area (Å²) in [6.07, 6.45) is 0. The van der Waals surface area contributed by atoms with Crippen LogP contribution in [-0.4, -0.2) is 33.4 Å². The second-order valence-electron chi connectivity index (χ2n) is 6.62. The van der Waals surface area contributed by atoms with E-state index in [0.29, 0.717) is 23.5 Å². The molecule has 0 aliphatic heterocycles. The highest BCUT2D eigenvalue weighted by Crippen LogP contribution is 2.14. The number of rotatable bonds is 7. The molecule has 0 saturated heterocycles. The maximum atomic E-state index is 12.4. The molecule has 154 valence electrons. The smallest absolute Gasteiger partial charge is 0.390 e. The van der Waals surface area contributed by atoms with Crippen LogP contribution in [0.25, 0.3) is 0 Å². The maximum absolute atomic E-state index is 12.4. The highest BCUT2D eigenvalue weighted by molar-refractivity contribution is 6.00. The van der Waals surface area contributed by atoms with Crippen LogP contribution in [0.15, 0.2) is 59.7 Å². The van der Waals surface area contributed by atoms with E-state index in [0.717, 1.165) is 16.9 Å². The van der Waals surface area contributed by atoms with E-state index >= 15 is 0 Å². The maximum Gasteiger partial charge on any atom is 0.390 e. The number of nitrogens with zero attached hydrogens (tertiary/aromatic N) is 4. The lowest BCUT2D eigenvalue weighted by Gasteiger charge is -2.05. The zero-order chi connectivity index (χ0) is 21.7. The van der Waals surface area contributed by atoms with Crippen LogP contribution in [0, 0.1) is 17.0 Å². The van der Waals surface area contributed by atoms with E-state index in [1.165, 1.54) is 6.07 Å². The van der Waals surface area contributed by atoms with Crippen LogP contribution in [0.2, 0.25) is 0 Å². The van der Waals surface area contributed by atoms with Crippen LogP contribution < -0.4 is 10.2 Å². The highest BCUT2D eigenvalue weighted by Gasteiger charge is 2.15. The standard InChI is InChI=1S/C21H21N5O4/c1-14-12-20(26(28)29)24-25(14)13-16-4-6-18(7-5-16)21(27)23-22-15(2)17-8-10-19(30-3)11-9-17/h4-12H,13H2,1-3H3,(H,23,27). The van der Waals surface area contributed by atoms with Gasteiger partial charge in [0, 0.05) is 5.56 Å². The van der Waals surface area contributed by atoms with Crippen molar-refractivity contribution < 1.29 is 14.5 Å². The first-order chi connectivity index (χ1) is 14.4. The minimum Gasteiger partial charge on any atom is -0.497 e. The largest absolute Gasteiger partial charge is 0.497 e. The Morgan fingerprint density at radius 1 is 1.17 bits per heavy atom. The Hall–Kier alpha value is -4.01. The number of carbonyl (C=O) groups excluding carboxylic acids is 1. The molecule has 1 aromatic heterocycles. The lowest BCUT2D eigenvalue weighted by atomic mass is 10.1. The quantitative estimate of drug-likeness (QED) is 0.367. The van der Waals surface area contributed by atoms with Gasteiger partial charge in [-0.3, -0.25) is 4.79 Å². The first-order valence-corrected chi connectivity index (χ1v) is 9.14. The fraction of sp³-hybridized carbons (Fsp3) is 0.190. The van der Waals surface area contributed by atoms with Gasteiger partial charge in [0.15, 0.2) is 0 Å². The van der Waals surface area contributed by atoms with Gasteiger partial charge in [-0.2, -0.15) is 9.78 Å². The van der Waals surface area contributed by atoms with E-state index < -0.39 is 4.92 Å². The molecule has 0 atom stereocenters. The third-order valence-electron chi connectivity index (χ3n) is 4.54. The summed E-state index contributed by atoms with van der Waals surface area (Å²) in [6.45, 7) is 3.93. The molecule has 0 aliphatic rings. The van der Waals surface area contributed by atoms with Crippen molar-refractivity contribution >= 4 is 17.4 Å². The average Bonchev–Trinajstić information content (AvgIpc) is 3.13. The molecule has 3 aromatic rings. The van der Waals surface area contributed by atoms with E-state index in [-0.39, 0.29) is 11.7 Å². The average molecular weight is 407 g/mol. The second-order valence-corrected chi connectivity index (χ2v) is 6.62. The number of aryl methyl sites for hydroxylation is 1. The van der Waals surface area contributed by atoms with Gasteiger partial charge < -0.3 is 14.9 Å². The third kappa shape index (κ3) is 4.88. The molecule has 0 bridgehead atoms. The van der Waals surface area contributed by atoms with Crippen molar-refractivity contribution in [3.8, 4) is 5.75 Å². The van der Waals surface area contributed by atoms with Crippen LogP contribution in [-0.2, 0) is 6.54 Å². The molecule has 0 fully saturated rings. The molecule has 1 N–H and O–H groups in total. The topological polar surface area (TPSA) is 112 Å². The van der Waals surface area contributed by atoms with Crippen LogP contribution in [0.1, 0.15) is 34.1 Å². The van der Waals surface area contributed by atoms with Crippen molar-refractivity contribution in [1.29, 1.82) is 0 Å². The Balaban J connectivity index is 1.63. The van der Waals surface area contributed by atoms with E-state index in [9.17, 15) is 14.9 Å². The molecule has 1 amide bonds. The summed E-state index contributed by atoms with van der Waals surface area (Å²) in [7, 11) is 1.60. The summed E-state index contributed by atoms with van der Waals surface area (Å²) < 4.78 is 6.68. The van der Waals surface area contributed by atoms with Gasteiger partial charge in [-0.25, -0.2) is 5.43 Å². The number of hydrogen-bond acceptors (Lipinski definition) is 6. The predicted octanol–water partition coefficient (Wildman–Crippen LogP) is 3.31. The van der Waals surface area contributed by atoms with Crippen molar-refractivity contribution in [2.24, 2.45) is 5.10 Å². The van der Waals surface area contributed by atoms with Crippen LogP contribution in [0.4, 0.5) is 5.82 Å². The first kappa shape index (κ1) is 20.7. The summed E-state index contributed by atoms with van der Waals surface area (Å²) >= 11 is 0. The highest BCUT2D eigenvalue weighted by atomic mass is 16.6. The number of benzene rings is 2. The number of ether oxygens (including phenoxy) is 1. The minimum absolute atomic E-state index is 0.186. The monoisotopic (exact) mass is 407 g/mol. The van der Waals surface area contributed by atoms with Crippen molar-refractivity contribution in [1.82, 2.24) is 15.2 Å². The van der Waals surface area contributed by atoms with Crippen molar-refractivity contribution in [3.05, 3.63) is 87.1 Å². The molecule has 9 heteroatoms. The van der Waals surface area contributed by atoms with Gasteiger partial charge in [0.25, 0.3) is 5.91 Å². The fourth-order valence-corrected chi connectivity index (χ4v) is 2.77. The predicted molar refractivity (Wildman–Crippen MR) is 112 cm³/mol. The number of methoxy groups -OCH3 is 1. The van der Waals surface area contributed by atoms with E-state index in [4.69, 9.17) is 4.74 Å². The SMILES string of the molecule is COc1ccc(C(C)=NNC(=O)c2ccc(Cn3nc([N+](=O)[O-])cc3C)cc2)cc1. The Kier molecular flexibility index (Phi) is 6.21. The molecule has 0 unspecified atom stereocenters. The van der Waals surface area contributed by atoms with Gasteiger partial charge in [0.1, 0.15) is 5.75 Å². The van der Waals surface area contributed by atoms with Gasteiger partial charge in [0.05, 0.1) is 36.2 Å². The lowest BCUT2D eigenvalue weighted by molar-refractivity contribution is -0.389. The van der Waals surface area contributed by atoms with E-state index in [2.05, 4.69) is 15.6 Å². The first-order valence-electron chi connectivity index (χ1n) is 9.14. The molecule has 0 radical (unpaired) electrons. The van der Waals surface area contributed by atoms with E-state index in [1.54, 1.807) is 49.9 Å². The lowest BCUT2D eigenvalue weighted by Crippen LogP contribution is -2.19. The molecule has 9 nitrogen and oxygen atoms in total. The minimum atomic E-state index is -0.522. The van der Waals surface area contributed by atoms with Gasteiger partial charge in [-0.05, 0) is 66.3 Å². The summed E-state index contributed by atoms with van der Waals surface area (Å²) in [5.41, 5.74) is 6.09. The summed E-state index contributed by atoms with van der Waals surface area (Å²) in [4.78, 5) is 22.7.